The Balaban J connectivity index is 1.58. The predicted octanol–water partition coefficient (Wildman–Crippen LogP) is 1.10. The first-order chi connectivity index (χ1) is 13.0. The maximum Gasteiger partial charge on any atom is 0.325 e. The zero-order valence-electron chi connectivity index (χ0n) is 14.9. The van der Waals surface area contributed by atoms with Crippen LogP contribution in [0.3, 0.4) is 0 Å². The maximum absolute atomic E-state index is 12.5. The fourth-order valence-corrected chi connectivity index (χ4v) is 3.35. The van der Waals surface area contributed by atoms with Crippen molar-refractivity contribution < 1.29 is 19.5 Å². The molecule has 2 N–H and O–H groups in total. The highest BCUT2D eigenvalue weighted by Gasteiger charge is 2.27. The number of hydrogen-bond donors (Lipinski definition) is 2. The predicted molar refractivity (Wildman–Crippen MR) is 97.2 cm³/mol. The summed E-state index contributed by atoms with van der Waals surface area (Å²) in [5.74, 6) is -1.34. The molecular weight excluding hydrogens is 348 g/mol. The number of benzene rings is 1. The number of amides is 2. The molecule has 8 nitrogen and oxygen atoms in total. The van der Waals surface area contributed by atoms with Crippen LogP contribution in [0.1, 0.15) is 34.8 Å². The number of carbonyl (C=O) groups excluding carboxylic acids is 2. The van der Waals surface area contributed by atoms with Gasteiger partial charge >= 0.3 is 5.97 Å². The topological polar surface area (TPSA) is 105 Å². The molecule has 1 aliphatic rings. The van der Waals surface area contributed by atoms with Gasteiger partial charge in [0.2, 0.25) is 5.91 Å². The number of carbonyl (C=O) groups is 3. The third kappa shape index (κ3) is 4.72. The average Bonchev–Trinajstić information content (AvgIpc) is 3.14. The summed E-state index contributed by atoms with van der Waals surface area (Å²) in [6.07, 6.45) is 3.27. The molecular formula is C19H22N4O4. The van der Waals surface area contributed by atoms with Gasteiger partial charge in [-0.2, -0.15) is 5.10 Å². The second kappa shape index (κ2) is 8.48. The molecule has 1 aromatic heterocycles. The average molecular weight is 370 g/mol. The van der Waals surface area contributed by atoms with Crippen LogP contribution in [0, 0.1) is 0 Å². The van der Waals surface area contributed by atoms with Gasteiger partial charge in [-0.1, -0.05) is 18.2 Å². The molecule has 3 rings (SSSR count). The van der Waals surface area contributed by atoms with E-state index in [9.17, 15) is 14.4 Å². The Hall–Kier alpha value is -3.16. The smallest absolute Gasteiger partial charge is 0.325 e. The summed E-state index contributed by atoms with van der Waals surface area (Å²) < 4.78 is 1.47. The van der Waals surface area contributed by atoms with E-state index in [1.807, 2.05) is 6.07 Å². The molecule has 27 heavy (non-hydrogen) atoms. The van der Waals surface area contributed by atoms with E-state index in [0.29, 0.717) is 18.7 Å². The number of aliphatic carboxylic acids is 1. The molecule has 2 aromatic rings. The first kappa shape index (κ1) is 18.6. The van der Waals surface area contributed by atoms with E-state index >= 15 is 0 Å². The lowest BCUT2D eigenvalue weighted by molar-refractivity contribution is -0.138. The van der Waals surface area contributed by atoms with Crippen LogP contribution in [0.2, 0.25) is 0 Å². The highest BCUT2D eigenvalue weighted by molar-refractivity contribution is 5.96. The van der Waals surface area contributed by atoms with Crippen molar-refractivity contribution in [1.82, 2.24) is 20.0 Å². The Morgan fingerprint density at radius 1 is 1.19 bits per heavy atom. The van der Waals surface area contributed by atoms with Crippen molar-refractivity contribution in [2.45, 2.75) is 25.3 Å². The van der Waals surface area contributed by atoms with Gasteiger partial charge in [0, 0.05) is 36.5 Å². The largest absolute Gasteiger partial charge is 0.480 e. The van der Waals surface area contributed by atoms with Gasteiger partial charge in [0.15, 0.2) is 0 Å². The van der Waals surface area contributed by atoms with Gasteiger partial charge in [0.1, 0.15) is 6.54 Å². The molecule has 1 aliphatic heterocycles. The van der Waals surface area contributed by atoms with Crippen molar-refractivity contribution in [1.29, 1.82) is 0 Å². The van der Waals surface area contributed by atoms with Crippen LogP contribution in [0.15, 0.2) is 42.6 Å². The van der Waals surface area contributed by atoms with Gasteiger partial charge < -0.3 is 15.3 Å². The number of rotatable bonds is 6. The molecule has 1 saturated heterocycles. The summed E-state index contributed by atoms with van der Waals surface area (Å²) in [4.78, 5) is 37.3. The van der Waals surface area contributed by atoms with Gasteiger partial charge in [0.25, 0.3) is 5.91 Å². The standard InChI is InChI=1S/C19H22N4O4/c24-17(11-20-19(27)14-5-2-1-3-6-14)22-10-4-7-15(12-22)16-8-9-21-23(16)13-18(25)26/h1-3,5-6,8-9,15H,4,7,10-13H2,(H,20,27)(H,25,26)/t15-/m0/s1. The SMILES string of the molecule is O=C(O)Cn1nccc1[C@H]1CCCN(C(=O)CNC(=O)c2ccccc2)C1. The lowest BCUT2D eigenvalue weighted by Crippen LogP contribution is -2.44. The van der Waals surface area contributed by atoms with Gasteiger partial charge in [-0.3, -0.25) is 19.1 Å². The van der Waals surface area contributed by atoms with Crippen molar-refractivity contribution >= 4 is 17.8 Å². The molecule has 1 aromatic carbocycles. The number of carboxylic acid groups (broad SMARTS) is 1. The Kier molecular flexibility index (Phi) is 5.85. The second-order valence-electron chi connectivity index (χ2n) is 6.54. The van der Waals surface area contributed by atoms with E-state index < -0.39 is 5.97 Å². The van der Waals surface area contributed by atoms with Crippen LogP contribution in [-0.2, 0) is 16.1 Å². The molecule has 0 spiro atoms. The minimum atomic E-state index is -0.952. The van der Waals surface area contributed by atoms with Crippen LogP contribution in [0.4, 0.5) is 0 Å². The van der Waals surface area contributed by atoms with E-state index in [4.69, 9.17) is 5.11 Å². The number of likely N-dealkylation sites (tertiary alicyclic amines) is 1. The van der Waals surface area contributed by atoms with Crippen molar-refractivity contribution in [2.24, 2.45) is 0 Å². The minimum absolute atomic E-state index is 0.0365. The summed E-state index contributed by atoms with van der Waals surface area (Å²) in [6.45, 7) is 0.865. The van der Waals surface area contributed by atoms with Crippen LogP contribution in [0.25, 0.3) is 0 Å². The third-order valence-electron chi connectivity index (χ3n) is 4.66. The highest BCUT2D eigenvalue weighted by Crippen LogP contribution is 2.26. The first-order valence-electron chi connectivity index (χ1n) is 8.89. The first-order valence-corrected chi connectivity index (χ1v) is 8.89. The van der Waals surface area contributed by atoms with E-state index in [0.717, 1.165) is 18.5 Å². The van der Waals surface area contributed by atoms with Crippen molar-refractivity contribution in [3.8, 4) is 0 Å². The molecule has 1 atom stereocenters. The molecule has 0 bridgehead atoms. The molecule has 0 aliphatic carbocycles. The second-order valence-corrected chi connectivity index (χ2v) is 6.54. The van der Waals surface area contributed by atoms with Crippen LogP contribution in [0.5, 0.6) is 0 Å². The lowest BCUT2D eigenvalue weighted by Gasteiger charge is -2.33. The lowest BCUT2D eigenvalue weighted by atomic mass is 9.94. The number of carboxylic acids is 1. The Morgan fingerprint density at radius 3 is 2.70 bits per heavy atom. The molecule has 1 fully saturated rings. The summed E-state index contributed by atoms with van der Waals surface area (Å²) in [5, 5.41) is 15.7. The Labute approximate surface area is 156 Å². The van der Waals surface area contributed by atoms with Gasteiger partial charge in [-0.05, 0) is 31.0 Å². The van der Waals surface area contributed by atoms with Crippen molar-refractivity contribution in [2.75, 3.05) is 19.6 Å². The number of hydrogen-bond acceptors (Lipinski definition) is 4. The van der Waals surface area contributed by atoms with Gasteiger partial charge in [0.05, 0.1) is 6.54 Å². The summed E-state index contributed by atoms with van der Waals surface area (Å²) >= 11 is 0. The summed E-state index contributed by atoms with van der Waals surface area (Å²) in [5.41, 5.74) is 1.34. The molecule has 8 heteroatoms. The van der Waals surface area contributed by atoms with Crippen molar-refractivity contribution in [3.05, 3.63) is 53.9 Å². The molecule has 0 radical (unpaired) electrons. The minimum Gasteiger partial charge on any atom is -0.480 e. The van der Waals surface area contributed by atoms with Gasteiger partial charge in [-0.15, -0.1) is 0 Å². The van der Waals surface area contributed by atoms with E-state index in [1.165, 1.54) is 4.68 Å². The number of nitrogens with one attached hydrogen (secondary N) is 1. The summed E-state index contributed by atoms with van der Waals surface area (Å²) in [6, 6.07) is 10.6. The number of piperidine rings is 1. The Morgan fingerprint density at radius 2 is 1.96 bits per heavy atom. The molecule has 0 unspecified atom stereocenters. The van der Waals surface area contributed by atoms with E-state index in [1.54, 1.807) is 41.4 Å². The Bertz CT molecular complexity index is 818. The maximum atomic E-state index is 12.5. The molecule has 142 valence electrons. The molecule has 2 amide bonds. The summed E-state index contributed by atoms with van der Waals surface area (Å²) in [7, 11) is 0. The van der Waals surface area contributed by atoms with Crippen LogP contribution >= 0.6 is 0 Å². The molecule has 0 saturated carbocycles. The number of aromatic nitrogens is 2. The highest BCUT2D eigenvalue weighted by atomic mass is 16.4. The van der Waals surface area contributed by atoms with Crippen LogP contribution < -0.4 is 5.32 Å². The van der Waals surface area contributed by atoms with Gasteiger partial charge in [-0.25, -0.2) is 0 Å². The van der Waals surface area contributed by atoms with Crippen LogP contribution in [-0.4, -0.2) is 57.2 Å². The fraction of sp³-hybridized carbons (Fsp3) is 0.368. The van der Waals surface area contributed by atoms with E-state index in [-0.39, 0.29) is 30.8 Å². The number of nitrogens with zero attached hydrogens (tertiary/aromatic N) is 3. The molecule has 2 heterocycles. The quantitative estimate of drug-likeness (QED) is 0.792. The third-order valence-corrected chi connectivity index (χ3v) is 4.66. The van der Waals surface area contributed by atoms with Crippen molar-refractivity contribution in [3.63, 3.8) is 0 Å². The van der Waals surface area contributed by atoms with E-state index in [2.05, 4.69) is 10.4 Å². The zero-order valence-corrected chi connectivity index (χ0v) is 14.9. The zero-order chi connectivity index (χ0) is 19.2. The monoisotopic (exact) mass is 370 g/mol. The normalized spacial score (nSPS) is 16.7. The fourth-order valence-electron chi connectivity index (χ4n) is 3.35.